The first-order chi connectivity index (χ1) is 20.9. The quantitative estimate of drug-likeness (QED) is 0.0615. The molecule has 0 radical (unpaired) electrons. The number of aromatic nitrogens is 3. The van der Waals surface area contributed by atoms with Gasteiger partial charge in [0.1, 0.15) is 27.8 Å². The van der Waals surface area contributed by atoms with Crippen molar-refractivity contribution in [3.63, 3.8) is 0 Å². The molecule has 21 heteroatoms. The molecule has 2 aliphatic heterocycles. The number of nitrogens with two attached hydrogens (primary N) is 1. The Kier molecular flexibility index (Phi) is 9.02. The first-order valence-corrected chi connectivity index (χ1v) is 17.5. The number of nitrogens with one attached hydrogen (secondary N) is 1. The minimum absolute atomic E-state index is 0.0538. The molecule has 1 aromatic carbocycles. The molecule has 2 atom stereocenters. The van der Waals surface area contributed by atoms with Gasteiger partial charge in [-0.05, 0) is 24.6 Å². The van der Waals surface area contributed by atoms with E-state index in [1.165, 1.54) is 40.2 Å². The van der Waals surface area contributed by atoms with Crippen LogP contribution in [0, 0.1) is 6.92 Å². The molecule has 1 saturated heterocycles. The maximum absolute atomic E-state index is 13.3. The summed E-state index contributed by atoms with van der Waals surface area (Å²) in [7, 11) is -4.19. The number of carboxylic acids is 1. The van der Waals surface area contributed by atoms with Crippen LogP contribution in [0.3, 0.4) is 0 Å². The molecule has 0 unspecified atom stereocenters. The van der Waals surface area contributed by atoms with E-state index in [0.29, 0.717) is 9.91 Å². The van der Waals surface area contributed by atoms with Gasteiger partial charge in [0.2, 0.25) is 15.8 Å². The number of anilines is 1. The average molecular weight is 700 g/mol. The van der Waals surface area contributed by atoms with Gasteiger partial charge >= 0.3 is 5.97 Å². The number of aliphatic carboxylic acids is 1. The molecule has 2 aliphatic rings. The lowest BCUT2D eigenvalue weighted by molar-refractivity contribution is -0.150. The summed E-state index contributed by atoms with van der Waals surface area (Å²) in [4.78, 5) is 48.3. The number of nitrogens with zero attached hydrogens (tertiary/aromatic N) is 5. The molecule has 2 amide bonds. The topological polar surface area (TPSA) is 248 Å². The standard InChI is InChI=1S/C23H21N7O9S5/c1-9-27-28-23(43-9)42-6-10-5-40-20-16(19(34)30(20)17(10)21(35)36)26-18(33)15(12-7-41-22(24)25-12)29-39-8-44(37,38)11-2-3-13(31)14(32)4-11/h2-4,7,16,20,31-32H,5-6,8H2,1H3,(H2,24,25)(H,26,33)(H,35,36)/t16-,20-/m1/s1. The number of β-lactam (4-membered cyclic amide) rings is 1. The minimum atomic E-state index is -4.19. The Hall–Kier alpha value is -3.92. The number of benzene rings is 1. The van der Waals surface area contributed by atoms with Crippen LogP contribution in [0.2, 0.25) is 0 Å². The second-order valence-electron chi connectivity index (χ2n) is 9.02. The number of aryl methyl sites for hydroxylation is 1. The van der Waals surface area contributed by atoms with Crippen LogP contribution in [0.15, 0.2) is 49.2 Å². The van der Waals surface area contributed by atoms with Crippen LogP contribution in [0.25, 0.3) is 0 Å². The second kappa shape index (κ2) is 12.6. The summed E-state index contributed by atoms with van der Waals surface area (Å²) in [5, 5.41) is 44.6. The van der Waals surface area contributed by atoms with E-state index in [1.807, 2.05) is 0 Å². The summed E-state index contributed by atoms with van der Waals surface area (Å²) in [5.41, 5.74) is 5.52. The van der Waals surface area contributed by atoms with Crippen molar-refractivity contribution in [1.29, 1.82) is 0 Å². The zero-order valence-electron chi connectivity index (χ0n) is 22.2. The number of thiazole rings is 1. The Morgan fingerprint density at radius 3 is 2.68 bits per heavy atom. The average Bonchev–Trinajstić information content (AvgIpc) is 3.60. The lowest BCUT2D eigenvalue weighted by atomic mass is 10.0. The van der Waals surface area contributed by atoms with Gasteiger partial charge in [-0.2, -0.15) is 0 Å². The molecule has 232 valence electrons. The predicted octanol–water partition coefficient (Wildman–Crippen LogP) is 0.979. The van der Waals surface area contributed by atoms with Crippen molar-refractivity contribution in [3.05, 3.63) is 45.6 Å². The molecule has 2 aromatic heterocycles. The van der Waals surface area contributed by atoms with Crippen molar-refractivity contribution in [3.8, 4) is 11.5 Å². The zero-order chi connectivity index (χ0) is 31.8. The number of phenols is 2. The Labute approximate surface area is 264 Å². The number of rotatable bonds is 11. The SMILES string of the molecule is Cc1nnc(SCC2=C(C(=O)O)N3C(=O)[C@@H](NC(=O)C(=NOCS(=O)(=O)c4ccc(O)c(O)c4)c4csc(N)n4)[C@H]3SC2)s1. The first kappa shape index (κ1) is 31.5. The van der Waals surface area contributed by atoms with Crippen LogP contribution >= 0.6 is 46.2 Å². The molecule has 3 aromatic rings. The number of carboxylic acid groups (broad SMARTS) is 1. The van der Waals surface area contributed by atoms with Crippen molar-refractivity contribution in [2.24, 2.45) is 5.16 Å². The Bertz CT molecular complexity index is 1820. The Morgan fingerprint density at radius 2 is 2.05 bits per heavy atom. The van der Waals surface area contributed by atoms with E-state index >= 15 is 0 Å². The number of thioether (sulfide) groups is 2. The van der Waals surface area contributed by atoms with Crippen LogP contribution in [0.1, 0.15) is 10.7 Å². The van der Waals surface area contributed by atoms with E-state index < -0.39 is 62.2 Å². The summed E-state index contributed by atoms with van der Waals surface area (Å²) in [6.07, 6.45) is 0. The first-order valence-electron chi connectivity index (χ1n) is 12.2. The largest absolute Gasteiger partial charge is 0.504 e. The summed E-state index contributed by atoms with van der Waals surface area (Å²) in [5.74, 6) is -4.55. The number of amides is 2. The number of fused-ring (bicyclic) bond motifs is 1. The third-order valence-electron chi connectivity index (χ3n) is 6.06. The van der Waals surface area contributed by atoms with Crippen LogP contribution in [-0.4, -0.2) is 96.2 Å². The van der Waals surface area contributed by atoms with Gasteiger partial charge in [-0.25, -0.2) is 18.2 Å². The maximum Gasteiger partial charge on any atom is 0.352 e. The number of nitrogen functional groups attached to an aromatic ring is 1. The number of aromatic hydroxyl groups is 2. The van der Waals surface area contributed by atoms with E-state index in [4.69, 9.17) is 10.6 Å². The molecule has 0 bridgehead atoms. The summed E-state index contributed by atoms with van der Waals surface area (Å²) in [6.45, 7) is 1.80. The highest BCUT2D eigenvalue weighted by Crippen LogP contribution is 2.42. The zero-order valence-corrected chi connectivity index (χ0v) is 26.3. The molecular formula is C23H21N7O9S5. The normalized spacial score (nSPS) is 18.5. The van der Waals surface area contributed by atoms with E-state index in [-0.39, 0.29) is 32.9 Å². The van der Waals surface area contributed by atoms with Crippen LogP contribution < -0.4 is 11.1 Å². The summed E-state index contributed by atoms with van der Waals surface area (Å²) < 4.78 is 25.9. The summed E-state index contributed by atoms with van der Waals surface area (Å²) in [6, 6.07) is 1.73. The van der Waals surface area contributed by atoms with E-state index in [2.05, 4.69) is 25.7 Å². The lowest BCUT2D eigenvalue weighted by Crippen LogP contribution is -2.71. The van der Waals surface area contributed by atoms with Crippen LogP contribution in [0.4, 0.5) is 5.13 Å². The number of sulfone groups is 1. The molecule has 4 heterocycles. The van der Waals surface area contributed by atoms with Gasteiger partial charge in [0.25, 0.3) is 11.8 Å². The number of phenolic OH excluding ortho intramolecular Hbond substituents is 2. The Morgan fingerprint density at radius 1 is 1.27 bits per heavy atom. The highest BCUT2D eigenvalue weighted by molar-refractivity contribution is 8.01. The molecule has 1 fully saturated rings. The molecule has 6 N–H and O–H groups in total. The third-order valence-corrected chi connectivity index (χ3v) is 11.5. The molecule has 16 nitrogen and oxygen atoms in total. The van der Waals surface area contributed by atoms with Gasteiger partial charge in [-0.15, -0.1) is 33.3 Å². The van der Waals surface area contributed by atoms with E-state index in [0.717, 1.165) is 39.4 Å². The number of carbonyl (C=O) groups excluding carboxylic acids is 2. The monoisotopic (exact) mass is 699 g/mol. The van der Waals surface area contributed by atoms with Crippen molar-refractivity contribution < 1.29 is 43.0 Å². The van der Waals surface area contributed by atoms with Crippen LogP contribution in [-0.2, 0) is 29.1 Å². The molecule has 0 spiro atoms. The molecule has 0 saturated carbocycles. The number of hydrogen-bond donors (Lipinski definition) is 5. The van der Waals surface area contributed by atoms with E-state index in [9.17, 15) is 38.1 Å². The summed E-state index contributed by atoms with van der Waals surface area (Å²) >= 11 is 4.92. The van der Waals surface area contributed by atoms with Gasteiger partial charge in [0, 0.05) is 23.0 Å². The van der Waals surface area contributed by atoms with Gasteiger partial charge in [-0.3, -0.25) is 14.5 Å². The number of hydrogen-bond acceptors (Lipinski definition) is 17. The third kappa shape index (κ3) is 6.45. The van der Waals surface area contributed by atoms with Gasteiger partial charge in [-0.1, -0.05) is 28.3 Å². The lowest BCUT2D eigenvalue weighted by Gasteiger charge is -2.49. The minimum Gasteiger partial charge on any atom is -0.504 e. The number of carbonyl (C=O) groups is 3. The second-order valence-corrected chi connectivity index (χ2v) is 15.4. The van der Waals surface area contributed by atoms with Crippen molar-refractivity contribution in [1.82, 2.24) is 25.4 Å². The van der Waals surface area contributed by atoms with Crippen molar-refractivity contribution in [2.75, 3.05) is 23.2 Å². The van der Waals surface area contributed by atoms with Gasteiger partial charge in [0.05, 0.1) is 4.90 Å². The molecule has 0 aliphatic carbocycles. The highest BCUT2D eigenvalue weighted by Gasteiger charge is 2.54. The molecule has 44 heavy (non-hydrogen) atoms. The van der Waals surface area contributed by atoms with Gasteiger partial charge < -0.3 is 31.2 Å². The fourth-order valence-electron chi connectivity index (χ4n) is 4.02. The smallest absolute Gasteiger partial charge is 0.352 e. The molecule has 5 rings (SSSR count). The highest BCUT2D eigenvalue weighted by atomic mass is 32.2. The molecular weight excluding hydrogens is 679 g/mol. The van der Waals surface area contributed by atoms with Crippen LogP contribution in [0.5, 0.6) is 11.5 Å². The van der Waals surface area contributed by atoms with Crippen molar-refractivity contribution in [2.45, 2.75) is 27.6 Å². The predicted molar refractivity (Wildman–Crippen MR) is 161 cm³/mol. The van der Waals surface area contributed by atoms with E-state index in [1.54, 1.807) is 6.92 Å². The maximum atomic E-state index is 13.3. The fourth-order valence-corrected chi connectivity index (χ4v) is 8.76. The number of oxime groups is 1. The van der Waals surface area contributed by atoms with Crippen molar-refractivity contribution >= 4 is 84.7 Å². The van der Waals surface area contributed by atoms with Gasteiger partial charge in [0.15, 0.2) is 26.7 Å². The Balaban J connectivity index is 1.30. The fraction of sp³-hybridized carbons (Fsp3) is 0.261.